The molecule has 2 aromatic heterocycles. The lowest BCUT2D eigenvalue weighted by Crippen LogP contribution is -2.23. The second-order valence-corrected chi connectivity index (χ2v) is 5.22. The molecule has 96 valence electrons. The van der Waals surface area contributed by atoms with Crippen LogP contribution in [0.15, 0.2) is 15.6 Å². The summed E-state index contributed by atoms with van der Waals surface area (Å²) in [5.41, 5.74) is 2.08. The van der Waals surface area contributed by atoms with Gasteiger partial charge in [-0.05, 0) is 29.8 Å². The van der Waals surface area contributed by atoms with Gasteiger partial charge in [0.15, 0.2) is 0 Å². The first kappa shape index (κ1) is 13.3. The van der Waals surface area contributed by atoms with E-state index in [4.69, 9.17) is 11.6 Å². The fraction of sp³-hybridized carbons (Fsp3) is 0.364. The maximum atomic E-state index is 12.0. The van der Waals surface area contributed by atoms with Crippen LogP contribution in [0.3, 0.4) is 0 Å². The quantitative estimate of drug-likeness (QED) is 0.846. The molecule has 5 nitrogen and oxygen atoms in total. The van der Waals surface area contributed by atoms with Crippen molar-refractivity contribution in [3.63, 3.8) is 0 Å². The predicted molar refractivity (Wildman–Crippen MR) is 73.0 cm³/mol. The van der Waals surface area contributed by atoms with E-state index in [9.17, 15) is 4.79 Å². The summed E-state index contributed by atoms with van der Waals surface area (Å²) in [6.07, 6.45) is 1.51. The van der Waals surface area contributed by atoms with Crippen molar-refractivity contribution in [2.75, 3.05) is 0 Å². The Morgan fingerprint density at radius 2 is 2.06 bits per heavy atom. The summed E-state index contributed by atoms with van der Waals surface area (Å²) >= 11 is 9.39. The molecular weight excluding hydrogens is 320 g/mol. The normalized spacial score (nSPS) is 10.9. The summed E-state index contributed by atoms with van der Waals surface area (Å²) in [7, 11) is 1.80. The molecule has 0 radical (unpaired) electrons. The van der Waals surface area contributed by atoms with E-state index >= 15 is 0 Å². The minimum atomic E-state index is -0.127. The van der Waals surface area contributed by atoms with Crippen molar-refractivity contribution in [2.45, 2.75) is 20.4 Å². The zero-order chi connectivity index (χ0) is 13.4. The van der Waals surface area contributed by atoms with E-state index in [1.165, 1.54) is 10.9 Å². The lowest BCUT2D eigenvalue weighted by atomic mass is 10.3. The maximum absolute atomic E-state index is 12.0. The largest absolute Gasteiger partial charge is 0.292 e. The fourth-order valence-corrected chi connectivity index (χ4v) is 2.22. The Morgan fingerprint density at radius 1 is 1.39 bits per heavy atom. The van der Waals surface area contributed by atoms with Gasteiger partial charge in [-0.15, -0.1) is 0 Å². The molecule has 0 aliphatic heterocycles. The summed E-state index contributed by atoms with van der Waals surface area (Å²) in [6, 6.07) is 0. The molecule has 18 heavy (non-hydrogen) atoms. The summed E-state index contributed by atoms with van der Waals surface area (Å²) in [6.45, 7) is 3.95. The third kappa shape index (κ3) is 2.22. The van der Waals surface area contributed by atoms with Crippen LogP contribution in [0.2, 0.25) is 5.02 Å². The second kappa shape index (κ2) is 4.85. The van der Waals surface area contributed by atoms with Crippen LogP contribution >= 0.6 is 27.5 Å². The van der Waals surface area contributed by atoms with Gasteiger partial charge in [-0.1, -0.05) is 11.6 Å². The van der Waals surface area contributed by atoms with Gasteiger partial charge in [0.05, 0.1) is 35.0 Å². The molecule has 0 amide bonds. The number of hydrogen-bond acceptors (Lipinski definition) is 3. The molecule has 2 rings (SSSR count). The summed E-state index contributed by atoms with van der Waals surface area (Å²) in [4.78, 5) is 16.2. The molecule has 0 saturated carbocycles. The fourth-order valence-electron chi connectivity index (χ4n) is 1.67. The Hall–Kier alpha value is -1.14. The van der Waals surface area contributed by atoms with E-state index in [0.717, 1.165) is 11.4 Å². The Bertz CT molecular complexity index is 662. The first-order valence-electron chi connectivity index (χ1n) is 5.31. The molecule has 0 bridgehead atoms. The molecule has 0 fully saturated rings. The van der Waals surface area contributed by atoms with Gasteiger partial charge in [0.2, 0.25) is 0 Å². The summed E-state index contributed by atoms with van der Waals surface area (Å²) in [5.74, 6) is 0. The highest BCUT2D eigenvalue weighted by Gasteiger charge is 2.13. The minimum Gasteiger partial charge on any atom is -0.292 e. The topological polar surface area (TPSA) is 52.7 Å². The van der Waals surface area contributed by atoms with Gasteiger partial charge >= 0.3 is 0 Å². The Labute approximate surface area is 118 Å². The molecule has 0 aliphatic rings. The van der Waals surface area contributed by atoms with Crippen molar-refractivity contribution in [1.82, 2.24) is 19.3 Å². The highest BCUT2D eigenvalue weighted by molar-refractivity contribution is 9.10. The lowest BCUT2D eigenvalue weighted by molar-refractivity contribution is 0.640. The van der Waals surface area contributed by atoms with E-state index in [0.29, 0.717) is 21.7 Å². The van der Waals surface area contributed by atoms with Crippen LogP contribution in [-0.4, -0.2) is 19.3 Å². The van der Waals surface area contributed by atoms with Gasteiger partial charge in [-0.25, -0.2) is 4.98 Å². The molecule has 0 aromatic carbocycles. The highest BCUT2D eigenvalue weighted by Crippen LogP contribution is 2.20. The van der Waals surface area contributed by atoms with Crippen molar-refractivity contribution in [3.05, 3.63) is 43.3 Å². The molecule has 0 atom stereocenters. The highest BCUT2D eigenvalue weighted by atomic mass is 79.9. The van der Waals surface area contributed by atoms with Crippen LogP contribution in [-0.2, 0) is 13.6 Å². The lowest BCUT2D eigenvalue weighted by Gasteiger charge is -2.07. The second-order valence-electron chi connectivity index (χ2n) is 4.05. The zero-order valence-electron chi connectivity index (χ0n) is 10.2. The average molecular weight is 332 g/mol. The zero-order valence-corrected chi connectivity index (χ0v) is 12.6. The number of nitrogens with zero attached hydrogens (tertiary/aromatic N) is 4. The molecule has 0 unspecified atom stereocenters. The Kier molecular flexibility index (Phi) is 3.59. The number of aromatic nitrogens is 4. The van der Waals surface area contributed by atoms with Crippen LogP contribution in [0.25, 0.3) is 0 Å². The van der Waals surface area contributed by atoms with Crippen molar-refractivity contribution >= 4 is 27.5 Å². The van der Waals surface area contributed by atoms with Gasteiger partial charge < -0.3 is 0 Å². The molecule has 0 aliphatic carbocycles. The van der Waals surface area contributed by atoms with Crippen molar-refractivity contribution < 1.29 is 0 Å². The van der Waals surface area contributed by atoms with E-state index in [2.05, 4.69) is 26.0 Å². The first-order valence-corrected chi connectivity index (χ1v) is 6.48. The number of rotatable bonds is 2. The minimum absolute atomic E-state index is 0.127. The molecular formula is C11H12BrClN4O. The standard InChI is InChI=1S/C11H12BrClN4O/c1-6-9(12)11(18)17(5-14-6)4-8-10(13)7(2)15-16(8)3/h5H,4H2,1-3H3. The predicted octanol–water partition coefficient (Wildman–Crippen LogP) is 2.06. The molecule has 0 saturated heterocycles. The molecule has 2 heterocycles. The number of hydrogen-bond donors (Lipinski definition) is 0. The van der Waals surface area contributed by atoms with Gasteiger partial charge in [0.1, 0.15) is 4.47 Å². The summed E-state index contributed by atoms with van der Waals surface area (Å²) < 4.78 is 3.65. The molecule has 0 spiro atoms. The average Bonchev–Trinajstić information content (AvgIpc) is 2.56. The third-order valence-corrected chi connectivity index (χ3v) is 4.14. The van der Waals surface area contributed by atoms with Crippen LogP contribution in [0, 0.1) is 13.8 Å². The number of aryl methyl sites for hydroxylation is 3. The Balaban J connectivity index is 2.47. The van der Waals surface area contributed by atoms with E-state index in [-0.39, 0.29) is 5.56 Å². The van der Waals surface area contributed by atoms with Crippen molar-refractivity contribution in [3.8, 4) is 0 Å². The molecule has 2 aromatic rings. The van der Waals surface area contributed by atoms with Crippen LogP contribution in [0.5, 0.6) is 0 Å². The van der Waals surface area contributed by atoms with Crippen molar-refractivity contribution in [2.24, 2.45) is 7.05 Å². The SMILES string of the molecule is Cc1nn(C)c(Cn2cnc(C)c(Br)c2=O)c1Cl. The smallest absolute Gasteiger partial charge is 0.268 e. The van der Waals surface area contributed by atoms with Gasteiger partial charge in [-0.3, -0.25) is 14.0 Å². The van der Waals surface area contributed by atoms with Crippen LogP contribution in [0.1, 0.15) is 17.1 Å². The van der Waals surface area contributed by atoms with Gasteiger partial charge in [0, 0.05) is 7.05 Å². The summed E-state index contributed by atoms with van der Waals surface area (Å²) in [5, 5.41) is 4.80. The van der Waals surface area contributed by atoms with Crippen LogP contribution < -0.4 is 5.56 Å². The first-order chi connectivity index (χ1) is 8.41. The van der Waals surface area contributed by atoms with Crippen LogP contribution in [0.4, 0.5) is 0 Å². The third-order valence-electron chi connectivity index (χ3n) is 2.74. The molecule has 0 N–H and O–H groups in total. The number of halogens is 2. The molecule has 7 heteroatoms. The Morgan fingerprint density at radius 3 is 2.61 bits per heavy atom. The van der Waals surface area contributed by atoms with E-state index in [1.807, 2.05) is 6.92 Å². The van der Waals surface area contributed by atoms with E-state index < -0.39 is 0 Å². The van der Waals surface area contributed by atoms with Gasteiger partial charge in [-0.2, -0.15) is 5.10 Å². The maximum Gasteiger partial charge on any atom is 0.268 e. The van der Waals surface area contributed by atoms with E-state index in [1.54, 1.807) is 18.7 Å². The van der Waals surface area contributed by atoms with Crippen molar-refractivity contribution in [1.29, 1.82) is 0 Å². The van der Waals surface area contributed by atoms with Gasteiger partial charge in [0.25, 0.3) is 5.56 Å². The monoisotopic (exact) mass is 330 g/mol.